The largest absolute Gasteiger partial charge is 0.350 e. The fourth-order valence-electron chi connectivity index (χ4n) is 4.16. The summed E-state index contributed by atoms with van der Waals surface area (Å²) in [6.45, 7) is 12.2. The van der Waals surface area contributed by atoms with Crippen molar-refractivity contribution in [3.63, 3.8) is 0 Å². The summed E-state index contributed by atoms with van der Waals surface area (Å²) in [5, 5.41) is 15.4. The lowest BCUT2D eigenvalue weighted by molar-refractivity contribution is -0.113. The van der Waals surface area contributed by atoms with Gasteiger partial charge in [0.15, 0.2) is 5.16 Å². The van der Waals surface area contributed by atoms with Crippen LogP contribution in [-0.2, 0) is 11.3 Å². The number of thioether (sulfide) groups is 1. The van der Waals surface area contributed by atoms with Gasteiger partial charge in [-0.25, -0.2) is 0 Å². The average molecular weight is 521 g/mol. The smallest absolute Gasteiger partial charge is 0.262 e. The van der Waals surface area contributed by atoms with E-state index in [-0.39, 0.29) is 35.1 Å². The van der Waals surface area contributed by atoms with E-state index < -0.39 is 0 Å². The summed E-state index contributed by atoms with van der Waals surface area (Å²) < 4.78 is 3.37. The van der Waals surface area contributed by atoms with Crippen molar-refractivity contribution in [2.75, 3.05) is 11.1 Å². The summed E-state index contributed by atoms with van der Waals surface area (Å²) in [6.07, 6.45) is 0. The summed E-state index contributed by atoms with van der Waals surface area (Å²) in [5.41, 5.74) is 3.64. The molecule has 0 aliphatic rings. The highest BCUT2D eigenvalue weighted by molar-refractivity contribution is 7.99. The molecule has 37 heavy (non-hydrogen) atoms. The van der Waals surface area contributed by atoms with Gasteiger partial charge >= 0.3 is 0 Å². The van der Waals surface area contributed by atoms with Gasteiger partial charge in [0.1, 0.15) is 0 Å². The fraction of sp³-hybridized carbons (Fsp3) is 0.370. The van der Waals surface area contributed by atoms with Gasteiger partial charge in [0.2, 0.25) is 11.7 Å². The number of nitrogens with one attached hydrogen (secondary N) is 2. The van der Waals surface area contributed by atoms with Gasteiger partial charge in [-0.1, -0.05) is 43.3 Å². The Morgan fingerprint density at radius 2 is 1.78 bits per heavy atom. The van der Waals surface area contributed by atoms with Gasteiger partial charge in [-0.15, -0.1) is 10.2 Å². The van der Waals surface area contributed by atoms with Crippen LogP contribution < -0.4 is 16.2 Å². The number of hydrogen-bond acceptors (Lipinski definition) is 6. The third-order valence-electron chi connectivity index (χ3n) is 5.79. The molecule has 10 heteroatoms. The highest BCUT2D eigenvalue weighted by Gasteiger charge is 2.20. The first-order valence-electron chi connectivity index (χ1n) is 12.3. The Morgan fingerprint density at radius 1 is 1.03 bits per heavy atom. The number of fused-ring (bicyclic) bond motifs is 3. The Hall–Kier alpha value is -3.66. The molecule has 0 unspecified atom stereocenters. The van der Waals surface area contributed by atoms with Gasteiger partial charge in [-0.2, -0.15) is 0 Å². The number of carbonyl (C=O) groups excluding carboxylic acids is 2. The van der Waals surface area contributed by atoms with E-state index in [1.165, 1.54) is 11.8 Å². The summed E-state index contributed by atoms with van der Waals surface area (Å²) in [4.78, 5) is 38.8. The average Bonchev–Trinajstić information content (AvgIpc) is 3.25. The van der Waals surface area contributed by atoms with Gasteiger partial charge < -0.3 is 10.6 Å². The quantitative estimate of drug-likeness (QED) is 0.337. The predicted octanol–water partition coefficient (Wildman–Crippen LogP) is 4.19. The Bertz CT molecular complexity index is 1550. The van der Waals surface area contributed by atoms with E-state index in [2.05, 4.69) is 20.8 Å². The van der Waals surface area contributed by atoms with Crippen molar-refractivity contribution in [3.8, 4) is 0 Å². The van der Waals surface area contributed by atoms with Crippen LogP contribution in [0.3, 0.4) is 0 Å². The zero-order valence-electron chi connectivity index (χ0n) is 22.0. The van der Waals surface area contributed by atoms with Crippen LogP contribution >= 0.6 is 11.8 Å². The molecule has 0 atom stereocenters. The number of carbonyl (C=O) groups is 2. The van der Waals surface area contributed by atoms with Crippen molar-refractivity contribution in [2.45, 2.75) is 59.3 Å². The number of hydrogen-bond donors (Lipinski definition) is 2. The maximum absolute atomic E-state index is 13.4. The first kappa shape index (κ1) is 26.4. The molecule has 2 aromatic heterocycles. The summed E-state index contributed by atoms with van der Waals surface area (Å²) in [6, 6.07) is 10.8. The molecule has 0 fully saturated rings. The van der Waals surface area contributed by atoms with Crippen molar-refractivity contribution in [2.24, 2.45) is 5.92 Å². The lowest BCUT2D eigenvalue weighted by Crippen LogP contribution is -2.30. The second kappa shape index (κ2) is 10.8. The summed E-state index contributed by atoms with van der Waals surface area (Å²) in [7, 11) is 0. The Labute approximate surface area is 219 Å². The number of rotatable bonds is 8. The van der Waals surface area contributed by atoms with E-state index in [9.17, 15) is 14.4 Å². The molecule has 9 nitrogen and oxygen atoms in total. The van der Waals surface area contributed by atoms with E-state index >= 15 is 0 Å². The standard InChI is InChI=1S/C27H32N6O3S/c1-15(2)13-32-25(36)20-9-8-19(24(35)28-16(3)4)12-22(20)33-26(32)30-31-27(33)37-14-23(34)29-21-10-7-17(5)11-18(21)6/h7-12,15-16H,13-14H2,1-6H3,(H,28,35)(H,29,34). The Morgan fingerprint density at radius 3 is 2.46 bits per heavy atom. The van der Waals surface area contributed by atoms with Crippen molar-refractivity contribution >= 4 is 45.9 Å². The normalized spacial score (nSPS) is 11.6. The van der Waals surface area contributed by atoms with Crippen LogP contribution in [0.5, 0.6) is 0 Å². The third kappa shape index (κ3) is 5.69. The molecule has 0 aliphatic heterocycles. The molecule has 2 heterocycles. The van der Waals surface area contributed by atoms with Gasteiger partial charge in [-0.05, 0) is 63.4 Å². The van der Waals surface area contributed by atoms with E-state index in [1.54, 1.807) is 27.2 Å². The number of nitrogens with zero attached hydrogens (tertiary/aromatic N) is 4. The van der Waals surface area contributed by atoms with Crippen LogP contribution in [0.4, 0.5) is 5.69 Å². The molecule has 2 N–H and O–H groups in total. The number of aryl methyl sites for hydroxylation is 2. The van der Waals surface area contributed by atoms with Gasteiger partial charge in [0.05, 0.1) is 16.7 Å². The topological polar surface area (TPSA) is 110 Å². The van der Waals surface area contributed by atoms with Crippen LogP contribution in [-0.4, -0.2) is 42.8 Å². The van der Waals surface area contributed by atoms with Gasteiger partial charge in [0.25, 0.3) is 11.5 Å². The zero-order valence-corrected chi connectivity index (χ0v) is 22.8. The zero-order chi connectivity index (χ0) is 26.9. The predicted molar refractivity (Wildman–Crippen MR) is 147 cm³/mol. The fourth-order valence-corrected chi connectivity index (χ4v) is 4.90. The minimum absolute atomic E-state index is 0.0287. The van der Waals surface area contributed by atoms with Crippen molar-refractivity contribution < 1.29 is 9.59 Å². The molecular weight excluding hydrogens is 488 g/mol. The molecule has 2 aromatic carbocycles. The molecule has 0 saturated heterocycles. The van der Waals surface area contributed by atoms with Crippen molar-refractivity contribution in [1.82, 2.24) is 24.5 Å². The number of anilines is 1. The molecule has 4 aromatic rings. The monoisotopic (exact) mass is 520 g/mol. The molecule has 0 saturated carbocycles. The first-order chi connectivity index (χ1) is 17.5. The molecule has 4 rings (SSSR count). The maximum Gasteiger partial charge on any atom is 0.262 e. The molecule has 194 valence electrons. The van der Waals surface area contributed by atoms with Crippen LogP contribution in [0, 0.1) is 19.8 Å². The third-order valence-corrected chi connectivity index (χ3v) is 6.72. The van der Waals surface area contributed by atoms with Crippen LogP contribution in [0.15, 0.2) is 46.3 Å². The van der Waals surface area contributed by atoms with Crippen LogP contribution in [0.25, 0.3) is 16.7 Å². The maximum atomic E-state index is 13.4. The molecule has 0 bridgehead atoms. The lowest BCUT2D eigenvalue weighted by atomic mass is 10.1. The molecule has 0 aliphatic carbocycles. The Kier molecular flexibility index (Phi) is 7.68. The second-order valence-corrected chi connectivity index (χ2v) is 10.9. The van der Waals surface area contributed by atoms with E-state index in [4.69, 9.17) is 0 Å². The molecule has 2 amide bonds. The van der Waals surface area contributed by atoms with E-state index in [0.717, 1.165) is 16.8 Å². The minimum atomic E-state index is -0.230. The van der Waals surface area contributed by atoms with Gasteiger partial charge in [-0.3, -0.25) is 23.4 Å². The Balaban J connectivity index is 1.74. The number of aromatic nitrogens is 4. The van der Waals surface area contributed by atoms with Crippen LogP contribution in [0.2, 0.25) is 0 Å². The molecule has 0 spiro atoms. The molecular formula is C27H32N6O3S. The van der Waals surface area contributed by atoms with Crippen molar-refractivity contribution in [1.29, 1.82) is 0 Å². The minimum Gasteiger partial charge on any atom is -0.350 e. The summed E-state index contributed by atoms with van der Waals surface area (Å²) in [5.74, 6) is 0.278. The van der Waals surface area contributed by atoms with Gasteiger partial charge in [0, 0.05) is 23.8 Å². The number of benzene rings is 2. The van der Waals surface area contributed by atoms with Crippen molar-refractivity contribution in [3.05, 3.63) is 63.4 Å². The summed E-state index contributed by atoms with van der Waals surface area (Å²) >= 11 is 1.23. The highest BCUT2D eigenvalue weighted by Crippen LogP contribution is 2.24. The molecule has 0 radical (unpaired) electrons. The lowest BCUT2D eigenvalue weighted by Gasteiger charge is -2.14. The van der Waals surface area contributed by atoms with E-state index in [0.29, 0.717) is 33.9 Å². The second-order valence-electron chi connectivity index (χ2n) is 9.94. The first-order valence-corrected chi connectivity index (χ1v) is 13.3. The highest BCUT2D eigenvalue weighted by atomic mass is 32.2. The van der Waals surface area contributed by atoms with Crippen LogP contribution in [0.1, 0.15) is 49.2 Å². The van der Waals surface area contributed by atoms with E-state index in [1.807, 2.05) is 59.7 Å². The SMILES string of the molecule is Cc1ccc(NC(=O)CSc2nnc3n(CC(C)C)c(=O)c4ccc(C(=O)NC(C)C)cc4n23)c(C)c1. The number of amides is 2.